The fourth-order valence-corrected chi connectivity index (χ4v) is 4.56. The highest BCUT2D eigenvalue weighted by Gasteiger charge is 2.32. The molecule has 176 valence electrons. The Balaban J connectivity index is 1.27. The number of imidazole rings is 1. The molecule has 0 aromatic carbocycles. The summed E-state index contributed by atoms with van der Waals surface area (Å²) in [6.07, 6.45) is 3.68. The van der Waals surface area contributed by atoms with Gasteiger partial charge in [-0.2, -0.15) is 0 Å². The lowest BCUT2D eigenvalue weighted by molar-refractivity contribution is 0.0782. The van der Waals surface area contributed by atoms with Crippen molar-refractivity contribution in [1.29, 1.82) is 0 Å². The lowest BCUT2D eigenvalue weighted by Crippen LogP contribution is -2.48. The van der Waals surface area contributed by atoms with Crippen LogP contribution in [0.2, 0.25) is 0 Å². The summed E-state index contributed by atoms with van der Waals surface area (Å²) in [5.41, 5.74) is 2.17. The first kappa shape index (κ1) is 20.7. The molecular formula is C23H25N7O4. The summed E-state index contributed by atoms with van der Waals surface area (Å²) in [4.78, 5) is 24.5. The summed E-state index contributed by atoms with van der Waals surface area (Å²) in [6, 6.07) is 7.42. The standard InChI is InChI=1S/C23H25N7O4/c1-28-6-8-29(9-7-28)22-16-12-19(34-18(16)4-5-24-22)17-13-25-20-2-3-21(27-30(17)20)33-15-10-14(11-15)26-23(31)32/h2-5,12-15,26H,6-11H2,1H3,(H,31,32)/t14-,15+. The summed E-state index contributed by atoms with van der Waals surface area (Å²) in [5.74, 6) is 2.05. The molecule has 1 aliphatic heterocycles. The van der Waals surface area contributed by atoms with Gasteiger partial charge in [0.2, 0.25) is 5.88 Å². The van der Waals surface area contributed by atoms with E-state index in [0.29, 0.717) is 30.1 Å². The van der Waals surface area contributed by atoms with Crippen LogP contribution in [0.15, 0.2) is 41.1 Å². The van der Waals surface area contributed by atoms with E-state index in [4.69, 9.17) is 14.3 Å². The van der Waals surface area contributed by atoms with Crippen molar-refractivity contribution in [2.45, 2.75) is 25.0 Å². The van der Waals surface area contributed by atoms with E-state index in [2.05, 4.69) is 37.2 Å². The number of pyridine rings is 1. The second-order valence-electron chi connectivity index (χ2n) is 8.89. The molecule has 2 fully saturated rings. The molecule has 11 heteroatoms. The first-order chi connectivity index (χ1) is 16.5. The van der Waals surface area contributed by atoms with Crippen molar-refractivity contribution < 1.29 is 19.1 Å². The third-order valence-corrected chi connectivity index (χ3v) is 6.53. The van der Waals surface area contributed by atoms with Crippen LogP contribution >= 0.6 is 0 Å². The number of nitrogens with zero attached hydrogens (tertiary/aromatic N) is 6. The molecule has 5 heterocycles. The van der Waals surface area contributed by atoms with E-state index in [1.807, 2.05) is 18.2 Å². The Kier molecular flexibility index (Phi) is 4.98. The normalized spacial score (nSPS) is 21.0. The Labute approximate surface area is 194 Å². The molecule has 1 saturated heterocycles. The van der Waals surface area contributed by atoms with Crippen LogP contribution in [0.25, 0.3) is 28.1 Å². The molecule has 4 aromatic heterocycles. The SMILES string of the molecule is CN1CCN(c2nccc3oc(-c4cnc5ccc(O[C@H]6C[C@@H](NC(=O)O)C6)nn45)cc23)CC1. The van der Waals surface area contributed by atoms with Crippen molar-refractivity contribution in [3.8, 4) is 17.3 Å². The molecule has 11 nitrogen and oxygen atoms in total. The molecule has 2 N–H and O–H groups in total. The number of aromatic nitrogens is 4. The number of piperazine rings is 1. The number of likely N-dealkylation sites (N-methyl/N-ethyl adjacent to an activating group) is 1. The van der Waals surface area contributed by atoms with Gasteiger partial charge < -0.3 is 29.4 Å². The van der Waals surface area contributed by atoms with Crippen molar-refractivity contribution in [1.82, 2.24) is 29.8 Å². The molecular weight excluding hydrogens is 438 g/mol. The summed E-state index contributed by atoms with van der Waals surface area (Å²) in [6.45, 7) is 3.84. The summed E-state index contributed by atoms with van der Waals surface area (Å²) in [7, 11) is 2.13. The van der Waals surface area contributed by atoms with Gasteiger partial charge in [0.15, 0.2) is 11.4 Å². The number of carboxylic acid groups (broad SMARTS) is 1. The molecule has 0 atom stereocenters. The third kappa shape index (κ3) is 3.77. The maximum absolute atomic E-state index is 10.8. The van der Waals surface area contributed by atoms with E-state index in [1.165, 1.54) is 0 Å². The van der Waals surface area contributed by atoms with Crippen molar-refractivity contribution in [3.05, 3.63) is 36.7 Å². The monoisotopic (exact) mass is 463 g/mol. The minimum atomic E-state index is -1.01. The predicted octanol–water partition coefficient (Wildman–Crippen LogP) is 2.47. The fourth-order valence-electron chi connectivity index (χ4n) is 4.56. The predicted molar refractivity (Wildman–Crippen MR) is 124 cm³/mol. The summed E-state index contributed by atoms with van der Waals surface area (Å²) < 4.78 is 13.9. The summed E-state index contributed by atoms with van der Waals surface area (Å²) >= 11 is 0. The molecule has 0 radical (unpaired) electrons. The van der Waals surface area contributed by atoms with E-state index in [1.54, 1.807) is 23.0 Å². The Morgan fingerprint density at radius 3 is 2.79 bits per heavy atom. The van der Waals surface area contributed by atoms with Gasteiger partial charge in [-0.1, -0.05) is 0 Å². The van der Waals surface area contributed by atoms with Gasteiger partial charge in [-0.3, -0.25) is 0 Å². The lowest BCUT2D eigenvalue weighted by Gasteiger charge is -2.34. The Morgan fingerprint density at radius 2 is 2.00 bits per heavy atom. The van der Waals surface area contributed by atoms with Crippen LogP contribution < -0.4 is 15.0 Å². The van der Waals surface area contributed by atoms with Crippen LogP contribution in [0, 0.1) is 0 Å². The van der Waals surface area contributed by atoms with Crippen molar-refractivity contribution >= 4 is 28.5 Å². The van der Waals surface area contributed by atoms with Gasteiger partial charge in [-0.05, 0) is 25.2 Å². The third-order valence-electron chi connectivity index (χ3n) is 6.53. The Morgan fingerprint density at radius 1 is 1.18 bits per heavy atom. The molecule has 2 aliphatic rings. The molecule has 1 saturated carbocycles. The van der Waals surface area contributed by atoms with Crippen LogP contribution in [0.4, 0.5) is 10.6 Å². The molecule has 0 unspecified atom stereocenters. The first-order valence-electron chi connectivity index (χ1n) is 11.4. The number of amides is 1. The zero-order valence-electron chi connectivity index (χ0n) is 18.7. The topological polar surface area (TPSA) is 121 Å². The molecule has 1 aliphatic carbocycles. The molecule has 6 rings (SSSR count). The minimum Gasteiger partial charge on any atom is -0.473 e. The maximum atomic E-state index is 10.8. The molecule has 1 amide bonds. The molecule has 0 bridgehead atoms. The van der Waals surface area contributed by atoms with Crippen molar-refractivity contribution in [2.24, 2.45) is 0 Å². The van der Waals surface area contributed by atoms with Crippen LogP contribution in [0.1, 0.15) is 12.8 Å². The average Bonchev–Trinajstić information content (AvgIpc) is 3.41. The smallest absolute Gasteiger partial charge is 0.404 e. The van der Waals surface area contributed by atoms with Gasteiger partial charge in [0.05, 0.1) is 11.6 Å². The highest BCUT2D eigenvalue weighted by molar-refractivity contribution is 5.92. The number of furan rings is 1. The summed E-state index contributed by atoms with van der Waals surface area (Å²) in [5, 5.41) is 16.9. The van der Waals surface area contributed by atoms with Crippen molar-refractivity contribution in [3.63, 3.8) is 0 Å². The first-order valence-corrected chi connectivity index (χ1v) is 11.4. The number of hydrogen-bond donors (Lipinski definition) is 2. The number of anilines is 1. The van der Waals surface area contributed by atoms with Gasteiger partial charge in [-0.25, -0.2) is 19.3 Å². The second kappa shape index (κ2) is 8.17. The number of rotatable bonds is 5. The van der Waals surface area contributed by atoms with E-state index in [-0.39, 0.29) is 12.1 Å². The van der Waals surface area contributed by atoms with Crippen LogP contribution in [-0.2, 0) is 0 Å². The van der Waals surface area contributed by atoms with E-state index < -0.39 is 6.09 Å². The second-order valence-corrected chi connectivity index (χ2v) is 8.89. The van der Waals surface area contributed by atoms with E-state index in [0.717, 1.165) is 48.7 Å². The van der Waals surface area contributed by atoms with Crippen LogP contribution in [0.5, 0.6) is 5.88 Å². The minimum absolute atomic E-state index is 0.0720. The Bertz CT molecular complexity index is 1350. The van der Waals surface area contributed by atoms with Crippen LogP contribution in [0.3, 0.4) is 0 Å². The van der Waals surface area contributed by atoms with Gasteiger partial charge in [-0.15, -0.1) is 5.10 Å². The highest BCUT2D eigenvalue weighted by atomic mass is 16.5. The zero-order chi connectivity index (χ0) is 23.2. The molecule has 4 aromatic rings. The Hall–Kier alpha value is -3.86. The van der Waals surface area contributed by atoms with Gasteiger partial charge in [0.1, 0.15) is 23.2 Å². The lowest BCUT2D eigenvalue weighted by atomic mass is 9.89. The van der Waals surface area contributed by atoms with Gasteiger partial charge in [0, 0.05) is 57.3 Å². The molecule has 34 heavy (non-hydrogen) atoms. The number of fused-ring (bicyclic) bond motifs is 2. The number of ether oxygens (including phenoxy) is 1. The van der Waals surface area contributed by atoms with Gasteiger partial charge in [0.25, 0.3) is 0 Å². The quantitative estimate of drug-likeness (QED) is 0.460. The van der Waals surface area contributed by atoms with Gasteiger partial charge >= 0.3 is 6.09 Å². The average molecular weight is 463 g/mol. The highest BCUT2D eigenvalue weighted by Crippen LogP contribution is 2.33. The maximum Gasteiger partial charge on any atom is 0.404 e. The van der Waals surface area contributed by atoms with E-state index >= 15 is 0 Å². The number of nitrogens with one attached hydrogen (secondary N) is 1. The van der Waals surface area contributed by atoms with Crippen LogP contribution in [-0.4, -0.2) is 81.1 Å². The number of carbonyl (C=O) groups is 1. The largest absolute Gasteiger partial charge is 0.473 e. The van der Waals surface area contributed by atoms with Crippen molar-refractivity contribution in [2.75, 3.05) is 38.1 Å². The molecule has 0 spiro atoms. The zero-order valence-corrected chi connectivity index (χ0v) is 18.7. The van der Waals surface area contributed by atoms with E-state index in [9.17, 15) is 4.79 Å². The fraction of sp³-hybridized carbons (Fsp3) is 0.391. The number of hydrogen-bond acceptors (Lipinski definition) is 8.